The van der Waals surface area contributed by atoms with Gasteiger partial charge in [-0.3, -0.25) is 9.80 Å². The van der Waals surface area contributed by atoms with Gasteiger partial charge < -0.3 is 20.3 Å². The molecule has 4 aliphatic heterocycles. The number of hydrogen-bond donors (Lipinski definition) is 2. The van der Waals surface area contributed by atoms with Gasteiger partial charge in [-0.05, 0) is 66.0 Å². The van der Waals surface area contributed by atoms with Crippen molar-refractivity contribution in [2.45, 2.75) is 94.2 Å². The van der Waals surface area contributed by atoms with Gasteiger partial charge in [-0.1, -0.05) is 5.16 Å². The molecule has 0 amide bonds. The molecule has 46 heavy (non-hydrogen) atoms. The zero-order chi connectivity index (χ0) is 32.2. The highest BCUT2D eigenvalue weighted by molar-refractivity contribution is 7.16. The number of rotatable bonds is 5. The Morgan fingerprint density at radius 2 is 2.02 bits per heavy atom. The molecule has 4 fully saturated rings. The standard InChI is InChI=1S/C24H27FN8O2S.C7H13FN2/c1-13-28-19(31-22(29-13)34-12-24-7-4-8-33(24)11-14(25)9-24)20-30-21(35-32-20)23(2)6-3-5-16-17(23)15(10-26)18(27)36-16;1-10-5-2-6(8)7(10)4-9-3-5/h14H,3-9,11-12,27H2,1-2H3;5-7,9H,2-4H2,1H3/t14-,23+,24?;5?,6?,7-/m11/s1. The molecule has 6 atom stereocenters. The van der Waals surface area contributed by atoms with Crippen molar-refractivity contribution < 1.29 is 18.0 Å². The number of anilines is 1. The summed E-state index contributed by atoms with van der Waals surface area (Å²) in [4.78, 5) is 23.3. The Morgan fingerprint density at radius 1 is 1.17 bits per heavy atom. The quantitative estimate of drug-likeness (QED) is 0.415. The maximum absolute atomic E-state index is 14.1. The third-order valence-corrected chi connectivity index (χ3v) is 11.6. The average molecular weight is 655 g/mol. The van der Waals surface area contributed by atoms with Crippen LogP contribution in [0.4, 0.5) is 13.8 Å². The molecule has 0 saturated carbocycles. The predicted molar refractivity (Wildman–Crippen MR) is 167 cm³/mol. The van der Waals surface area contributed by atoms with E-state index in [1.165, 1.54) is 11.3 Å². The van der Waals surface area contributed by atoms with Crippen LogP contribution in [-0.4, -0.2) is 105 Å². The molecule has 12 nitrogen and oxygen atoms in total. The molecule has 0 spiro atoms. The average Bonchev–Trinajstić information content (AvgIpc) is 3.81. The summed E-state index contributed by atoms with van der Waals surface area (Å²) >= 11 is 1.46. The van der Waals surface area contributed by atoms with Gasteiger partial charge in [0.2, 0.25) is 17.5 Å². The maximum atomic E-state index is 14.1. The highest BCUT2D eigenvalue weighted by atomic mass is 32.1. The minimum absolute atomic E-state index is 0.152. The number of thiophene rings is 1. The van der Waals surface area contributed by atoms with Crippen LogP contribution in [0.2, 0.25) is 0 Å². The summed E-state index contributed by atoms with van der Waals surface area (Å²) < 4.78 is 38.9. The molecule has 246 valence electrons. The summed E-state index contributed by atoms with van der Waals surface area (Å²) in [7, 11) is 2.02. The van der Waals surface area contributed by atoms with E-state index < -0.39 is 17.8 Å². The number of piperazine rings is 1. The Balaban J connectivity index is 0.000000286. The molecule has 3 aromatic heterocycles. The van der Waals surface area contributed by atoms with Crippen molar-refractivity contribution in [3.05, 3.63) is 27.7 Å². The van der Waals surface area contributed by atoms with E-state index in [1.807, 2.05) is 14.0 Å². The van der Waals surface area contributed by atoms with Gasteiger partial charge in [0.15, 0.2) is 0 Å². The first-order valence-corrected chi connectivity index (χ1v) is 16.9. The number of fused-ring (bicyclic) bond motifs is 4. The van der Waals surface area contributed by atoms with E-state index in [1.54, 1.807) is 6.92 Å². The molecule has 3 N–H and O–H groups in total. The minimum Gasteiger partial charge on any atom is -0.461 e. The van der Waals surface area contributed by atoms with E-state index in [0.717, 1.165) is 68.6 Å². The molecule has 0 radical (unpaired) electrons. The molecule has 1 aliphatic carbocycles. The second-order valence-electron chi connectivity index (χ2n) is 13.5. The van der Waals surface area contributed by atoms with E-state index in [9.17, 15) is 14.0 Å². The van der Waals surface area contributed by atoms with Gasteiger partial charge in [0.1, 0.15) is 35.8 Å². The summed E-state index contributed by atoms with van der Waals surface area (Å²) in [6.07, 6.45) is 4.26. The monoisotopic (exact) mass is 654 g/mol. The van der Waals surface area contributed by atoms with Crippen molar-refractivity contribution in [2.24, 2.45) is 0 Å². The van der Waals surface area contributed by atoms with E-state index in [0.29, 0.717) is 47.9 Å². The van der Waals surface area contributed by atoms with Crippen LogP contribution in [-0.2, 0) is 11.8 Å². The fourth-order valence-corrected chi connectivity index (χ4v) is 9.31. The largest absolute Gasteiger partial charge is 0.461 e. The molecular formula is C31H40F2N10O2S. The highest BCUT2D eigenvalue weighted by Gasteiger charge is 2.49. The second-order valence-corrected chi connectivity index (χ2v) is 14.6. The van der Waals surface area contributed by atoms with Crippen molar-refractivity contribution in [3.8, 4) is 23.7 Å². The Morgan fingerprint density at radius 3 is 2.80 bits per heavy atom. The van der Waals surface area contributed by atoms with Crippen molar-refractivity contribution in [1.29, 1.82) is 5.26 Å². The smallest absolute Gasteiger partial charge is 0.320 e. The summed E-state index contributed by atoms with van der Waals surface area (Å²) in [6, 6.07) is 3.02. The van der Waals surface area contributed by atoms with Crippen LogP contribution >= 0.6 is 11.3 Å². The first-order valence-electron chi connectivity index (χ1n) is 16.1. The first-order chi connectivity index (χ1) is 22.1. The Hall–Kier alpha value is -3.32. The SMILES string of the molecule is CN1C2CNC[C@@H]1C(F)C2.Cc1nc(OCC23CCCN2C[C@H](F)C3)nc(-c2noc([C@@]3(C)CCCc4sc(N)c(C#N)c43)n2)n1. The number of aromatic nitrogens is 5. The van der Waals surface area contributed by atoms with Crippen LogP contribution in [0.25, 0.3) is 11.6 Å². The summed E-state index contributed by atoms with van der Waals surface area (Å²) in [6.45, 7) is 7.22. The van der Waals surface area contributed by atoms with E-state index in [-0.39, 0.29) is 29.2 Å². The number of aryl methyl sites for hydroxylation is 2. The number of alkyl halides is 2. The van der Waals surface area contributed by atoms with Crippen molar-refractivity contribution in [2.75, 3.05) is 45.6 Å². The number of nitrogen functional groups attached to an aromatic ring is 1. The molecular weight excluding hydrogens is 614 g/mol. The fourth-order valence-electron chi connectivity index (χ4n) is 8.12. The predicted octanol–water partition coefficient (Wildman–Crippen LogP) is 3.34. The number of nitrogens with zero attached hydrogens (tertiary/aromatic N) is 8. The second kappa shape index (κ2) is 12.0. The van der Waals surface area contributed by atoms with Gasteiger partial charge in [0.25, 0.3) is 0 Å². The number of likely N-dealkylation sites (N-methyl/N-ethyl adjacent to an activating group) is 1. The molecule has 0 aromatic carbocycles. The van der Waals surface area contributed by atoms with Crippen LogP contribution < -0.4 is 15.8 Å². The Kier molecular flexibility index (Phi) is 8.19. The van der Waals surface area contributed by atoms with Crippen LogP contribution in [0.3, 0.4) is 0 Å². The normalized spacial score (nSPS) is 32.0. The summed E-state index contributed by atoms with van der Waals surface area (Å²) in [5.74, 6) is 1.32. The van der Waals surface area contributed by atoms with Gasteiger partial charge in [0, 0.05) is 42.5 Å². The number of ether oxygens (including phenoxy) is 1. The molecule has 5 aliphatic rings. The van der Waals surface area contributed by atoms with Gasteiger partial charge in [-0.2, -0.15) is 20.2 Å². The van der Waals surface area contributed by atoms with Gasteiger partial charge in [-0.25, -0.2) is 13.8 Å². The molecule has 15 heteroatoms. The number of nitriles is 1. The molecule has 7 heterocycles. The minimum atomic E-state index is -0.830. The lowest BCUT2D eigenvalue weighted by molar-refractivity contribution is 0.107. The first kappa shape index (κ1) is 31.3. The molecule has 3 unspecified atom stereocenters. The van der Waals surface area contributed by atoms with Crippen LogP contribution in [0.1, 0.15) is 73.2 Å². The lowest BCUT2D eigenvalue weighted by Crippen LogP contribution is -2.50. The zero-order valence-corrected chi connectivity index (χ0v) is 27.2. The van der Waals surface area contributed by atoms with E-state index in [2.05, 4.69) is 46.3 Å². The molecule has 8 rings (SSSR count). The van der Waals surface area contributed by atoms with Gasteiger partial charge in [0.05, 0.1) is 22.6 Å². The number of nitrogens with two attached hydrogens (primary N) is 1. The fraction of sp³-hybridized carbons (Fsp3) is 0.677. The van der Waals surface area contributed by atoms with Gasteiger partial charge in [-0.15, -0.1) is 11.3 Å². The Labute approximate surface area is 270 Å². The van der Waals surface area contributed by atoms with E-state index >= 15 is 0 Å². The molecule has 3 aromatic rings. The van der Waals surface area contributed by atoms with E-state index in [4.69, 9.17) is 15.0 Å². The lowest BCUT2D eigenvalue weighted by Gasteiger charge is -2.31. The molecule has 4 saturated heterocycles. The van der Waals surface area contributed by atoms with Gasteiger partial charge >= 0.3 is 6.01 Å². The van der Waals surface area contributed by atoms with Crippen molar-refractivity contribution >= 4 is 16.3 Å². The summed E-state index contributed by atoms with van der Waals surface area (Å²) in [5.41, 5.74) is 6.59. The lowest BCUT2D eigenvalue weighted by atomic mass is 9.72. The van der Waals surface area contributed by atoms with Crippen LogP contribution in [0, 0.1) is 18.3 Å². The number of halogens is 2. The summed E-state index contributed by atoms with van der Waals surface area (Å²) in [5, 5.41) is 17.6. The highest BCUT2D eigenvalue weighted by Crippen LogP contribution is 2.48. The van der Waals surface area contributed by atoms with Crippen molar-refractivity contribution in [1.82, 2.24) is 40.2 Å². The van der Waals surface area contributed by atoms with Crippen LogP contribution in [0.5, 0.6) is 6.01 Å². The number of nitrogens with one attached hydrogen (secondary N) is 1. The van der Waals surface area contributed by atoms with Crippen molar-refractivity contribution in [3.63, 3.8) is 0 Å². The third kappa shape index (κ3) is 5.42. The molecule has 2 bridgehead atoms. The topological polar surface area (TPSA) is 155 Å². The zero-order valence-electron chi connectivity index (χ0n) is 26.4. The number of hydrogen-bond acceptors (Lipinski definition) is 13. The Bertz CT molecular complexity index is 1650. The maximum Gasteiger partial charge on any atom is 0.320 e. The third-order valence-electron chi connectivity index (χ3n) is 10.6. The van der Waals surface area contributed by atoms with Crippen LogP contribution in [0.15, 0.2) is 4.52 Å².